The number of carbonyl (C=O) groups is 1. The van der Waals surface area contributed by atoms with E-state index in [4.69, 9.17) is 4.74 Å². The van der Waals surface area contributed by atoms with Gasteiger partial charge in [0.25, 0.3) is 0 Å². The van der Waals surface area contributed by atoms with Gasteiger partial charge in [0.2, 0.25) is 0 Å². The van der Waals surface area contributed by atoms with E-state index < -0.39 is 6.10 Å². The lowest BCUT2D eigenvalue weighted by molar-refractivity contribution is 0.0959. The first-order valence-electron chi connectivity index (χ1n) is 9.42. The Morgan fingerprint density at radius 1 is 0.929 bits per heavy atom. The Hall–Kier alpha value is -2.98. The van der Waals surface area contributed by atoms with Gasteiger partial charge in [-0.3, -0.25) is 4.79 Å². The number of hydrogen-bond acceptors (Lipinski definition) is 4. The molecule has 0 spiro atoms. The fraction of sp³-hybridized carbons (Fsp3) is 0.125. The van der Waals surface area contributed by atoms with Gasteiger partial charge in [-0.2, -0.15) is 0 Å². The van der Waals surface area contributed by atoms with Crippen molar-refractivity contribution in [2.75, 3.05) is 11.4 Å². The van der Waals surface area contributed by atoms with Gasteiger partial charge in [0, 0.05) is 11.4 Å². The van der Waals surface area contributed by atoms with Gasteiger partial charge in [-0.25, -0.2) is 0 Å². The summed E-state index contributed by atoms with van der Waals surface area (Å²) in [6.07, 6.45) is -0.422. The molecule has 3 nitrogen and oxygen atoms in total. The number of benzene rings is 3. The van der Waals surface area contributed by atoms with Crippen LogP contribution in [0.1, 0.15) is 28.9 Å². The zero-order chi connectivity index (χ0) is 19.1. The molecule has 0 radical (unpaired) electrons. The van der Waals surface area contributed by atoms with E-state index in [0.29, 0.717) is 16.9 Å². The average Bonchev–Trinajstić information content (AvgIpc) is 3.12. The Kier molecular flexibility index (Phi) is 4.21. The quantitative estimate of drug-likeness (QED) is 0.518. The highest BCUT2D eigenvalue weighted by Gasteiger charge is 2.39. The van der Waals surface area contributed by atoms with Crippen LogP contribution in [0.25, 0.3) is 0 Å². The lowest BCUT2D eigenvalue weighted by atomic mass is 9.91. The van der Waals surface area contributed by atoms with E-state index in [1.54, 1.807) is 11.8 Å². The summed E-state index contributed by atoms with van der Waals surface area (Å²) in [6, 6.07) is 25.8. The van der Waals surface area contributed by atoms with Crippen LogP contribution in [0.3, 0.4) is 0 Å². The van der Waals surface area contributed by atoms with Gasteiger partial charge in [-0.15, -0.1) is 0 Å². The predicted octanol–water partition coefficient (Wildman–Crippen LogP) is 5.85. The first kappa shape index (κ1) is 17.1. The largest absolute Gasteiger partial charge is 0.480 e. The van der Waals surface area contributed by atoms with Crippen molar-refractivity contribution in [3.63, 3.8) is 0 Å². The van der Waals surface area contributed by atoms with Gasteiger partial charge < -0.3 is 9.64 Å². The molecular weight excluding hydrogens is 366 g/mol. The second-order valence-electron chi connectivity index (χ2n) is 6.77. The van der Waals surface area contributed by atoms with E-state index in [9.17, 15) is 4.79 Å². The van der Waals surface area contributed by atoms with Crippen molar-refractivity contribution < 1.29 is 9.53 Å². The van der Waals surface area contributed by atoms with E-state index >= 15 is 0 Å². The number of Topliss-reactive ketones (excluding diaryl/α,β-unsaturated/α-hetero) is 1. The Labute approximate surface area is 168 Å². The second-order valence-corrected chi connectivity index (χ2v) is 7.80. The molecule has 2 aliphatic heterocycles. The zero-order valence-electron chi connectivity index (χ0n) is 15.5. The Morgan fingerprint density at radius 2 is 1.64 bits per heavy atom. The highest BCUT2D eigenvalue weighted by atomic mass is 32.2. The molecule has 0 aliphatic carbocycles. The number of para-hydroxylation sites is 2. The number of anilines is 1. The molecule has 1 atom stereocenters. The maximum absolute atomic E-state index is 13.6. The van der Waals surface area contributed by atoms with Crippen LogP contribution in [0.15, 0.2) is 94.4 Å². The molecular formula is C24H19NO2S. The Balaban J connectivity index is 1.73. The van der Waals surface area contributed by atoms with Crippen LogP contribution >= 0.6 is 11.8 Å². The van der Waals surface area contributed by atoms with Crippen molar-refractivity contribution in [2.45, 2.75) is 17.9 Å². The molecule has 5 rings (SSSR count). The summed E-state index contributed by atoms with van der Waals surface area (Å²) in [6.45, 7) is 2.90. The third-order valence-electron chi connectivity index (χ3n) is 5.14. The van der Waals surface area contributed by atoms with Gasteiger partial charge in [0.05, 0.1) is 21.9 Å². The normalized spacial score (nSPS) is 20.5. The van der Waals surface area contributed by atoms with Crippen molar-refractivity contribution in [1.82, 2.24) is 0 Å². The minimum atomic E-state index is -0.422. The van der Waals surface area contributed by atoms with E-state index in [0.717, 1.165) is 22.8 Å². The highest BCUT2D eigenvalue weighted by molar-refractivity contribution is 8.03. The maximum Gasteiger partial charge on any atom is 0.199 e. The molecule has 0 saturated carbocycles. The van der Waals surface area contributed by atoms with E-state index in [1.165, 1.54) is 4.90 Å². The topological polar surface area (TPSA) is 29.5 Å². The van der Waals surface area contributed by atoms with E-state index in [1.807, 2.05) is 66.7 Å². The minimum Gasteiger partial charge on any atom is -0.480 e. The van der Waals surface area contributed by atoms with Crippen LogP contribution in [0.5, 0.6) is 5.75 Å². The second kappa shape index (κ2) is 6.88. The SMILES string of the molecule is CCN1/C(=C2\C(=O)c3ccccc3OC2c2ccccc2)Sc2ccccc21. The third kappa shape index (κ3) is 2.64. The number of rotatable bonds is 2. The molecule has 4 heteroatoms. The van der Waals surface area contributed by atoms with Crippen molar-refractivity contribution in [3.05, 3.63) is 101 Å². The monoisotopic (exact) mass is 385 g/mol. The molecule has 2 heterocycles. The number of carbonyl (C=O) groups excluding carboxylic acids is 1. The lowest BCUT2D eigenvalue weighted by Crippen LogP contribution is -2.29. The summed E-state index contributed by atoms with van der Waals surface area (Å²) >= 11 is 1.66. The standard InChI is InChI=1S/C24H19NO2S/c1-2-25-18-13-7-9-15-20(18)28-24(25)21-22(26)17-12-6-8-14-19(17)27-23(21)16-10-4-3-5-11-16/h3-15,23H,2H2,1H3/b24-21-. The van der Waals surface area contributed by atoms with E-state index in [2.05, 4.69) is 24.0 Å². The smallest absolute Gasteiger partial charge is 0.199 e. The van der Waals surface area contributed by atoms with Crippen LogP contribution in [0.4, 0.5) is 5.69 Å². The van der Waals surface area contributed by atoms with Crippen molar-refractivity contribution in [3.8, 4) is 5.75 Å². The number of ether oxygens (including phenoxy) is 1. The Bertz CT molecular complexity index is 1090. The summed E-state index contributed by atoms with van der Waals surface area (Å²) in [7, 11) is 0. The summed E-state index contributed by atoms with van der Waals surface area (Å²) < 4.78 is 6.39. The Morgan fingerprint density at radius 3 is 2.46 bits per heavy atom. The molecule has 0 amide bonds. The average molecular weight is 385 g/mol. The first-order valence-corrected chi connectivity index (χ1v) is 10.2. The zero-order valence-corrected chi connectivity index (χ0v) is 16.3. The molecule has 1 unspecified atom stereocenters. The summed E-state index contributed by atoms with van der Waals surface area (Å²) in [5, 5.41) is 0.969. The van der Waals surface area contributed by atoms with Gasteiger partial charge in [0.1, 0.15) is 5.75 Å². The van der Waals surface area contributed by atoms with Crippen molar-refractivity contribution in [1.29, 1.82) is 0 Å². The van der Waals surface area contributed by atoms with Gasteiger partial charge >= 0.3 is 0 Å². The number of nitrogens with zero attached hydrogens (tertiary/aromatic N) is 1. The minimum absolute atomic E-state index is 0.0458. The predicted molar refractivity (Wildman–Crippen MR) is 113 cm³/mol. The first-order chi connectivity index (χ1) is 13.8. The molecule has 2 aliphatic rings. The van der Waals surface area contributed by atoms with Crippen molar-refractivity contribution >= 4 is 23.2 Å². The number of ketones is 1. The van der Waals surface area contributed by atoms with Gasteiger partial charge in [0.15, 0.2) is 11.9 Å². The molecule has 138 valence electrons. The molecule has 0 fully saturated rings. The molecule has 28 heavy (non-hydrogen) atoms. The maximum atomic E-state index is 13.6. The molecule has 0 aromatic heterocycles. The summed E-state index contributed by atoms with van der Waals surface area (Å²) in [4.78, 5) is 17.0. The van der Waals surface area contributed by atoms with Crippen molar-refractivity contribution in [2.24, 2.45) is 0 Å². The van der Waals surface area contributed by atoms with Crippen LogP contribution in [-0.4, -0.2) is 12.3 Å². The number of hydrogen-bond donors (Lipinski definition) is 0. The van der Waals surface area contributed by atoms with Gasteiger partial charge in [-0.05, 0) is 36.8 Å². The van der Waals surface area contributed by atoms with Crippen LogP contribution in [0, 0.1) is 0 Å². The lowest BCUT2D eigenvalue weighted by Gasteiger charge is -2.31. The fourth-order valence-corrected chi connectivity index (χ4v) is 5.11. The number of fused-ring (bicyclic) bond motifs is 2. The molecule has 3 aromatic rings. The highest BCUT2D eigenvalue weighted by Crippen LogP contribution is 2.51. The van der Waals surface area contributed by atoms with Crippen LogP contribution in [0.2, 0.25) is 0 Å². The van der Waals surface area contributed by atoms with Crippen LogP contribution in [-0.2, 0) is 0 Å². The van der Waals surface area contributed by atoms with Crippen LogP contribution < -0.4 is 9.64 Å². The number of thioether (sulfide) groups is 1. The molecule has 0 bridgehead atoms. The van der Waals surface area contributed by atoms with E-state index in [-0.39, 0.29) is 5.78 Å². The molecule has 3 aromatic carbocycles. The summed E-state index contributed by atoms with van der Waals surface area (Å²) in [5.41, 5.74) is 3.48. The summed E-state index contributed by atoms with van der Waals surface area (Å²) in [5.74, 6) is 0.693. The molecule has 0 N–H and O–H groups in total. The van der Waals surface area contributed by atoms with Gasteiger partial charge in [-0.1, -0.05) is 66.4 Å². The molecule has 0 saturated heterocycles. The fourth-order valence-electron chi connectivity index (χ4n) is 3.83. The third-order valence-corrected chi connectivity index (χ3v) is 6.34.